The zero-order valence-electron chi connectivity index (χ0n) is 9.33. The molecule has 0 fully saturated rings. The number of aromatic nitrogens is 2. The van der Waals surface area contributed by atoms with Gasteiger partial charge in [0.25, 0.3) is 5.69 Å². The molecule has 2 rings (SSSR count). The van der Waals surface area contributed by atoms with Crippen molar-refractivity contribution >= 4 is 17.4 Å². The highest BCUT2D eigenvalue weighted by molar-refractivity contribution is 7.99. The second-order valence-electron chi connectivity index (χ2n) is 3.48. The van der Waals surface area contributed by atoms with E-state index in [1.165, 1.54) is 12.1 Å². The summed E-state index contributed by atoms with van der Waals surface area (Å²) in [5, 5.41) is 11.0. The lowest BCUT2D eigenvalue weighted by molar-refractivity contribution is -0.385. The van der Waals surface area contributed by atoms with Crippen molar-refractivity contribution in [2.75, 3.05) is 0 Å². The van der Waals surface area contributed by atoms with Crippen LogP contribution in [0.1, 0.15) is 5.69 Å². The summed E-state index contributed by atoms with van der Waals surface area (Å²) in [5.74, 6) is -0.653. The normalized spacial score (nSPS) is 10.3. The maximum Gasteiger partial charge on any atom is 0.273 e. The molecule has 1 aromatic carbocycles. The fourth-order valence-corrected chi connectivity index (χ4v) is 2.16. The van der Waals surface area contributed by atoms with Gasteiger partial charge in [-0.25, -0.2) is 14.4 Å². The molecule has 0 aliphatic carbocycles. The fraction of sp³-hybridized carbons (Fsp3) is 0.0909. The Morgan fingerprint density at radius 3 is 2.83 bits per heavy atom. The molecule has 18 heavy (non-hydrogen) atoms. The summed E-state index contributed by atoms with van der Waals surface area (Å²) >= 11 is 1.08. The molecule has 7 heteroatoms. The van der Waals surface area contributed by atoms with Crippen LogP contribution >= 0.6 is 11.8 Å². The quantitative estimate of drug-likeness (QED) is 0.484. The van der Waals surface area contributed by atoms with E-state index in [0.29, 0.717) is 10.1 Å². The van der Waals surface area contributed by atoms with Gasteiger partial charge < -0.3 is 0 Å². The van der Waals surface area contributed by atoms with Crippen molar-refractivity contribution < 1.29 is 9.31 Å². The molecule has 0 saturated heterocycles. The molecule has 0 saturated carbocycles. The van der Waals surface area contributed by atoms with Gasteiger partial charge in [0.1, 0.15) is 5.82 Å². The number of hydrogen-bond acceptors (Lipinski definition) is 5. The molecule has 0 bridgehead atoms. The molecule has 0 atom stereocenters. The summed E-state index contributed by atoms with van der Waals surface area (Å²) < 4.78 is 13.2. The van der Waals surface area contributed by atoms with Gasteiger partial charge in [-0.05, 0) is 30.8 Å². The number of nitro benzene ring substituents is 1. The topological polar surface area (TPSA) is 68.9 Å². The van der Waals surface area contributed by atoms with Crippen molar-refractivity contribution in [2.45, 2.75) is 17.0 Å². The Balaban J connectivity index is 2.31. The Morgan fingerprint density at radius 1 is 1.39 bits per heavy atom. The van der Waals surface area contributed by atoms with Gasteiger partial charge in [0, 0.05) is 22.9 Å². The monoisotopic (exact) mass is 265 g/mol. The van der Waals surface area contributed by atoms with Crippen molar-refractivity contribution in [1.29, 1.82) is 0 Å². The van der Waals surface area contributed by atoms with Crippen LogP contribution in [0.3, 0.4) is 0 Å². The van der Waals surface area contributed by atoms with Gasteiger partial charge in [-0.2, -0.15) is 0 Å². The second kappa shape index (κ2) is 5.09. The molecule has 0 aliphatic rings. The van der Waals surface area contributed by atoms with E-state index in [4.69, 9.17) is 0 Å². The smallest absolute Gasteiger partial charge is 0.258 e. The number of non-ortho nitro benzene ring substituents is 1. The highest BCUT2D eigenvalue weighted by Gasteiger charge is 2.11. The van der Waals surface area contributed by atoms with Gasteiger partial charge in [0.2, 0.25) is 0 Å². The lowest BCUT2D eigenvalue weighted by Crippen LogP contribution is -1.91. The molecule has 0 aliphatic heterocycles. The van der Waals surface area contributed by atoms with Crippen LogP contribution in [0.4, 0.5) is 10.1 Å². The molecule has 0 spiro atoms. The first-order valence-electron chi connectivity index (χ1n) is 4.97. The summed E-state index contributed by atoms with van der Waals surface area (Å²) in [5.41, 5.74) is 0.489. The van der Waals surface area contributed by atoms with E-state index in [-0.39, 0.29) is 5.69 Å². The Hall–Kier alpha value is -2.02. The minimum atomic E-state index is -0.653. The molecule has 0 amide bonds. The molecular weight excluding hydrogens is 257 g/mol. The van der Waals surface area contributed by atoms with Crippen molar-refractivity contribution in [3.8, 4) is 0 Å². The lowest BCUT2D eigenvalue weighted by atomic mass is 10.3. The molecule has 5 nitrogen and oxygen atoms in total. The van der Waals surface area contributed by atoms with Crippen LogP contribution in [-0.2, 0) is 0 Å². The summed E-state index contributed by atoms with van der Waals surface area (Å²) in [7, 11) is 0. The molecule has 2 aromatic rings. The predicted octanol–water partition coefficient (Wildman–Crippen LogP) is 2.98. The second-order valence-corrected chi connectivity index (χ2v) is 4.53. The molecule has 0 radical (unpaired) electrons. The number of benzene rings is 1. The van der Waals surface area contributed by atoms with Crippen LogP contribution in [0.5, 0.6) is 0 Å². The van der Waals surface area contributed by atoms with E-state index < -0.39 is 10.7 Å². The summed E-state index contributed by atoms with van der Waals surface area (Å²) in [6.45, 7) is 1.81. The van der Waals surface area contributed by atoms with Crippen LogP contribution in [-0.4, -0.2) is 14.9 Å². The zero-order chi connectivity index (χ0) is 13.1. The minimum Gasteiger partial charge on any atom is -0.258 e. The third-order valence-corrected chi connectivity index (χ3v) is 2.90. The first kappa shape index (κ1) is 12.4. The van der Waals surface area contributed by atoms with Crippen molar-refractivity contribution in [1.82, 2.24) is 9.97 Å². The van der Waals surface area contributed by atoms with Gasteiger partial charge in [-0.3, -0.25) is 10.1 Å². The average molecular weight is 265 g/mol. The maximum absolute atomic E-state index is 13.2. The van der Waals surface area contributed by atoms with Crippen LogP contribution in [0.25, 0.3) is 0 Å². The molecule has 0 unspecified atom stereocenters. The lowest BCUT2D eigenvalue weighted by Gasteiger charge is -2.01. The van der Waals surface area contributed by atoms with Gasteiger partial charge in [-0.1, -0.05) is 0 Å². The SMILES string of the molecule is Cc1ccnc(Sc2cc(F)cc([N+](=O)[O-])c2)n1. The number of hydrogen-bond donors (Lipinski definition) is 0. The summed E-state index contributed by atoms with van der Waals surface area (Å²) in [6.07, 6.45) is 1.58. The molecule has 1 aromatic heterocycles. The highest BCUT2D eigenvalue weighted by Crippen LogP contribution is 2.28. The van der Waals surface area contributed by atoms with Crippen LogP contribution in [0, 0.1) is 22.9 Å². The van der Waals surface area contributed by atoms with E-state index >= 15 is 0 Å². The van der Waals surface area contributed by atoms with Gasteiger partial charge in [-0.15, -0.1) is 0 Å². The first-order chi connectivity index (χ1) is 8.54. The Morgan fingerprint density at radius 2 is 2.17 bits per heavy atom. The van der Waals surface area contributed by atoms with E-state index in [2.05, 4.69) is 9.97 Å². The number of rotatable bonds is 3. The maximum atomic E-state index is 13.2. The largest absolute Gasteiger partial charge is 0.273 e. The zero-order valence-corrected chi connectivity index (χ0v) is 10.1. The molecule has 0 N–H and O–H groups in total. The third-order valence-electron chi connectivity index (χ3n) is 2.05. The van der Waals surface area contributed by atoms with E-state index in [1.807, 2.05) is 0 Å². The Labute approximate surface area is 106 Å². The van der Waals surface area contributed by atoms with Gasteiger partial charge >= 0.3 is 0 Å². The van der Waals surface area contributed by atoms with Crippen molar-refractivity contribution in [2.24, 2.45) is 0 Å². The number of aryl methyl sites for hydroxylation is 1. The van der Waals surface area contributed by atoms with Crippen molar-refractivity contribution in [3.05, 3.63) is 52.1 Å². The molecule has 1 heterocycles. The van der Waals surface area contributed by atoms with Crippen molar-refractivity contribution in [3.63, 3.8) is 0 Å². The summed E-state index contributed by atoms with van der Waals surface area (Å²) in [4.78, 5) is 18.5. The Kier molecular flexibility index (Phi) is 3.52. The van der Waals surface area contributed by atoms with Crippen LogP contribution in [0.15, 0.2) is 40.5 Å². The standard InChI is InChI=1S/C11H8FN3O2S/c1-7-2-3-13-11(14-7)18-10-5-8(12)4-9(6-10)15(16)17/h2-6H,1H3. The van der Waals surface area contributed by atoms with E-state index in [9.17, 15) is 14.5 Å². The van der Waals surface area contributed by atoms with Crippen LogP contribution in [0.2, 0.25) is 0 Å². The summed E-state index contributed by atoms with van der Waals surface area (Å²) in [6, 6.07) is 5.11. The van der Waals surface area contributed by atoms with E-state index in [1.54, 1.807) is 19.2 Å². The van der Waals surface area contributed by atoms with E-state index in [0.717, 1.165) is 23.5 Å². The fourth-order valence-electron chi connectivity index (χ4n) is 1.29. The number of halogens is 1. The number of nitrogens with zero attached hydrogens (tertiary/aromatic N) is 3. The van der Waals surface area contributed by atoms with Gasteiger partial charge in [0.15, 0.2) is 5.16 Å². The van der Waals surface area contributed by atoms with Crippen LogP contribution < -0.4 is 0 Å². The number of nitro groups is 1. The average Bonchev–Trinajstić information content (AvgIpc) is 2.28. The minimum absolute atomic E-state index is 0.287. The molecular formula is C11H8FN3O2S. The Bertz CT molecular complexity index is 607. The highest BCUT2D eigenvalue weighted by atomic mass is 32.2. The predicted molar refractivity (Wildman–Crippen MR) is 63.9 cm³/mol. The third kappa shape index (κ3) is 3.01. The molecule has 92 valence electrons. The van der Waals surface area contributed by atoms with Gasteiger partial charge in [0.05, 0.1) is 11.0 Å². The first-order valence-corrected chi connectivity index (χ1v) is 5.79.